The van der Waals surface area contributed by atoms with E-state index >= 15 is 0 Å². The van der Waals surface area contributed by atoms with Crippen molar-refractivity contribution in [3.05, 3.63) is 60.2 Å². The first-order chi connectivity index (χ1) is 11.5. The lowest BCUT2D eigenvalue weighted by atomic mass is 10.1. The molecule has 0 aliphatic carbocycles. The number of anilines is 2. The first kappa shape index (κ1) is 15.6. The van der Waals surface area contributed by atoms with Gasteiger partial charge in [0, 0.05) is 11.4 Å². The van der Waals surface area contributed by atoms with E-state index in [-0.39, 0.29) is 23.6 Å². The van der Waals surface area contributed by atoms with Crippen LogP contribution in [0.25, 0.3) is 0 Å². The molecule has 24 heavy (non-hydrogen) atoms. The Morgan fingerprint density at radius 1 is 0.875 bits per heavy atom. The van der Waals surface area contributed by atoms with Crippen LogP contribution >= 0.6 is 12.2 Å². The lowest BCUT2D eigenvalue weighted by Gasteiger charge is -2.25. The van der Waals surface area contributed by atoms with Gasteiger partial charge < -0.3 is 9.80 Å². The van der Waals surface area contributed by atoms with Crippen molar-refractivity contribution >= 4 is 38.5 Å². The SMILES string of the molecule is Cc1ccc(N2C(=S)N(c3ccccc3)[C@H]3CS(=O)(=O)C[C@@H]32)cc1. The van der Waals surface area contributed by atoms with Gasteiger partial charge in [-0.1, -0.05) is 35.9 Å². The fraction of sp³-hybridized carbons (Fsp3) is 0.278. The van der Waals surface area contributed by atoms with Crippen LogP contribution in [0.1, 0.15) is 5.56 Å². The molecule has 2 saturated heterocycles. The van der Waals surface area contributed by atoms with E-state index in [1.807, 2.05) is 71.3 Å². The second kappa shape index (κ2) is 5.57. The molecule has 2 aliphatic rings. The third-order valence-corrected chi connectivity index (χ3v) is 6.81. The average Bonchev–Trinajstić information content (AvgIpc) is 2.98. The maximum absolute atomic E-state index is 12.3. The molecule has 2 heterocycles. The Morgan fingerprint density at radius 2 is 1.38 bits per heavy atom. The monoisotopic (exact) mass is 358 g/mol. The van der Waals surface area contributed by atoms with Crippen molar-refractivity contribution in [3.8, 4) is 0 Å². The number of hydrogen-bond donors (Lipinski definition) is 0. The molecule has 2 aliphatic heterocycles. The summed E-state index contributed by atoms with van der Waals surface area (Å²) in [5.74, 6) is 0.296. The minimum absolute atomic E-state index is 0.133. The van der Waals surface area contributed by atoms with Crippen LogP contribution in [-0.2, 0) is 9.84 Å². The molecule has 4 nitrogen and oxygen atoms in total. The second-order valence-corrected chi connectivity index (χ2v) is 8.92. The highest BCUT2D eigenvalue weighted by Gasteiger charge is 2.52. The molecular formula is C18H18N2O2S2. The summed E-state index contributed by atoms with van der Waals surface area (Å²) in [6.45, 7) is 2.03. The van der Waals surface area contributed by atoms with Crippen molar-refractivity contribution in [2.75, 3.05) is 21.3 Å². The zero-order chi connectivity index (χ0) is 16.9. The van der Waals surface area contributed by atoms with Gasteiger partial charge in [0.2, 0.25) is 0 Å². The standard InChI is InChI=1S/C18H18N2O2S2/c1-13-7-9-15(10-8-13)20-17-12-24(21,22)11-16(17)19(18(20)23)14-5-3-2-4-6-14/h2-10,16-17H,11-12H2,1H3/t16-,17-/m0/s1. The van der Waals surface area contributed by atoms with Crippen molar-refractivity contribution in [3.63, 3.8) is 0 Å². The molecule has 0 bridgehead atoms. The fourth-order valence-corrected chi connectivity index (χ4v) is 6.00. The summed E-state index contributed by atoms with van der Waals surface area (Å²) in [6, 6.07) is 17.6. The van der Waals surface area contributed by atoms with Crippen molar-refractivity contribution in [2.45, 2.75) is 19.0 Å². The van der Waals surface area contributed by atoms with Crippen molar-refractivity contribution in [2.24, 2.45) is 0 Å². The van der Waals surface area contributed by atoms with Gasteiger partial charge in [-0.3, -0.25) is 0 Å². The van der Waals surface area contributed by atoms with Gasteiger partial charge in [-0.2, -0.15) is 0 Å². The molecular weight excluding hydrogens is 340 g/mol. The highest BCUT2D eigenvalue weighted by molar-refractivity contribution is 7.91. The summed E-state index contributed by atoms with van der Waals surface area (Å²) in [4.78, 5) is 4.02. The molecule has 4 rings (SSSR count). The van der Waals surface area contributed by atoms with Crippen LogP contribution in [0.15, 0.2) is 54.6 Å². The molecule has 0 spiro atoms. The topological polar surface area (TPSA) is 40.6 Å². The van der Waals surface area contributed by atoms with Crippen LogP contribution in [0.4, 0.5) is 11.4 Å². The van der Waals surface area contributed by atoms with E-state index in [4.69, 9.17) is 12.2 Å². The van der Waals surface area contributed by atoms with Crippen LogP contribution in [0, 0.1) is 6.92 Å². The Hall–Kier alpha value is -1.92. The largest absolute Gasteiger partial charge is 0.312 e. The zero-order valence-electron chi connectivity index (χ0n) is 13.3. The molecule has 0 radical (unpaired) electrons. The molecule has 0 aromatic heterocycles. The third kappa shape index (κ3) is 2.50. The van der Waals surface area contributed by atoms with Gasteiger partial charge in [-0.15, -0.1) is 0 Å². The Balaban J connectivity index is 1.80. The molecule has 2 fully saturated rings. The van der Waals surface area contributed by atoms with Crippen molar-refractivity contribution < 1.29 is 8.42 Å². The lowest BCUT2D eigenvalue weighted by molar-refractivity contribution is 0.601. The van der Waals surface area contributed by atoms with Crippen LogP contribution in [-0.4, -0.2) is 37.1 Å². The maximum atomic E-state index is 12.3. The average molecular weight is 358 g/mol. The number of fused-ring (bicyclic) bond motifs is 1. The van der Waals surface area contributed by atoms with E-state index in [1.54, 1.807) is 0 Å². The van der Waals surface area contributed by atoms with Crippen molar-refractivity contribution in [1.29, 1.82) is 0 Å². The van der Waals surface area contributed by atoms with Gasteiger partial charge in [0.25, 0.3) is 0 Å². The number of nitrogens with zero attached hydrogens (tertiary/aromatic N) is 2. The molecule has 2 aromatic carbocycles. The highest BCUT2D eigenvalue weighted by atomic mass is 32.2. The molecule has 2 aromatic rings. The van der Waals surface area contributed by atoms with E-state index in [2.05, 4.69) is 0 Å². The van der Waals surface area contributed by atoms with E-state index in [0.717, 1.165) is 11.4 Å². The number of aryl methyl sites for hydroxylation is 1. The Kier molecular flexibility index (Phi) is 3.62. The second-order valence-electron chi connectivity index (χ2n) is 6.41. The number of para-hydroxylation sites is 1. The van der Waals surface area contributed by atoms with Crippen LogP contribution in [0.3, 0.4) is 0 Å². The highest BCUT2D eigenvalue weighted by Crippen LogP contribution is 2.37. The summed E-state index contributed by atoms with van der Waals surface area (Å²) in [5.41, 5.74) is 3.07. The smallest absolute Gasteiger partial charge is 0.181 e. The lowest BCUT2D eigenvalue weighted by Crippen LogP contribution is -2.37. The van der Waals surface area contributed by atoms with Crippen LogP contribution in [0.5, 0.6) is 0 Å². The Labute approximate surface area is 147 Å². The fourth-order valence-electron chi connectivity index (χ4n) is 3.60. The molecule has 124 valence electrons. The third-order valence-electron chi connectivity index (χ3n) is 4.72. The van der Waals surface area contributed by atoms with Gasteiger partial charge in [-0.05, 0) is 43.4 Å². The molecule has 6 heteroatoms. The van der Waals surface area contributed by atoms with E-state index < -0.39 is 9.84 Å². The van der Waals surface area contributed by atoms with Crippen LogP contribution in [0.2, 0.25) is 0 Å². The minimum Gasteiger partial charge on any atom is -0.312 e. The predicted octanol–water partition coefficient (Wildman–Crippen LogP) is 2.77. The summed E-state index contributed by atoms with van der Waals surface area (Å²) in [7, 11) is -3.06. The quantitative estimate of drug-likeness (QED) is 0.772. The Morgan fingerprint density at radius 3 is 1.92 bits per heavy atom. The van der Waals surface area contributed by atoms with Crippen molar-refractivity contribution in [1.82, 2.24) is 0 Å². The minimum atomic E-state index is -3.06. The summed E-state index contributed by atoms with van der Waals surface area (Å²) in [5, 5.41) is 0.676. The molecule has 0 N–H and O–H groups in total. The predicted molar refractivity (Wildman–Crippen MR) is 101 cm³/mol. The molecule has 0 saturated carbocycles. The van der Waals surface area contributed by atoms with E-state index in [0.29, 0.717) is 5.11 Å². The maximum Gasteiger partial charge on any atom is 0.181 e. The number of rotatable bonds is 2. The normalized spacial score (nSPS) is 25.1. The van der Waals surface area contributed by atoms with Gasteiger partial charge in [0.1, 0.15) is 0 Å². The summed E-state index contributed by atoms with van der Waals surface area (Å²) in [6.07, 6.45) is 0. The number of sulfone groups is 1. The van der Waals surface area contributed by atoms with E-state index in [9.17, 15) is 8.42 Å². The van der Waals surface area contributed by atoms with E-state index in [1.165, 1.54) is 5.56 Å². The summed E-state index contributed by atoms with van der Waals surface area (Å²) < 4.78 is 24.5. The number of hydrogen-bond acceptors (Lipinski definition) is 3. The first-order valence-corrected chi connectivity index (χ1v) is 10.1. The molecule has 0 amide bonds. The summed E-state index contributed by atoms with van der Waals surface area (Å²) >= 11 is 5.75. The molecule has 2 atom stereocenters. The van der Waals surface area contributed by atoms with Gasteiger partial charge >= 0.3 is 0 Å². The van der Waals surface area contributed by atoms with Crippen LogP contribution < -0.4 is 9.80 Å². The van der Waals surface area contributed by atoms with Gasteiger partial charge in [0.15, 0.2) is 14.9 Å². The number of benzene rings is 2. The van der Waals surface area contributed by atoms with Gasteiger partial charge in [-0.25, -0.2) is 8.42 Å². The van der Waals surface area contributed by atoms with Gasteiger partial charge in [0.05, 0.1) is 23.6 Å². The Bertz CT molecular complexity index is 879. The zero-order valence-corrected chi connectivity index (χ0v) is 14.9. The first-order valence-electron chi connectivity index (χ1n) is 7.91. The number of thiocarbonyl (C=S) groups is 1. The molecule has 0 unspecified atom stereocenters.